The Hall–Kier alpha value is -1.63. The lowest BCUT2D eigenvalue weighted by molar-refractivity contribution is -0.124. The summed E-state index contributed by atoms with van der Waals surface area (Å²) in [5, 5.41) is 7.79. The molecule has 0 spiro atoms. The van der Waals surface area contributed by atoms with Crippen molar-refractivity contribution in [1.82, 2.24) is 15.2 Å². The Morgan fingerprint density at radius 3 is 2.74 bits per heavy atom. The first-order valence-corrected chi connectivity index (χ1v) is 7.04. The zero-order valence-corrected chi connectivity index (χ0v) is 12.5. The Morgan fingerprint density at radius 2 is 2.21 bits per heavy atom. The fraction of sp³-hybridized carbons (Fsp3) is 0.583. The van der Waals surface area contributed by atoms with Crippen LogP contribution in [-0.2, 0) is 11.2 Å². The largest absolute Gasteiger partial charge is 0.359 e. The second kappa shape index (κ2) is 7.08. The van der Waals surface area contributed by atoms with Crippen LogP contribution in [0.5, 0.6) is 0 Å². The third kappa shape index (κ3) is 4.51. The van der Waals surface area contributed by atoms with E-state index in [1.807, 2.05) is 12.3 Å². The van der Waals surface area contributed by atoms with Crippen LogP contribution in [0, 0.1) is 5.92 Å². The first-order valence-electron chi connectivity index (χ1n) is 6.16. The van der Waals surface area contributed by atoms with Crippen LogP contribution in [0.3, 0.4) is 0 Å². The number of carbonyl (C=O) groups is 2. The summed E-state index contributed by atoms with van der Waals surface area (Å²) in [6.07, 6.45) is 0.843. The Kier molecular flexibility index (Phi) is 5.75. The quantitative estimate of drug-likeness (QED) is 0.861. The average Bonchev–Trinajstić information content (AvgIpc) is 2.85. The number of rotatable bonds is 5. The molecule has 1 aromatic rings. The normalized spacial score (nSPS) is 11.8. The molecule has 0 radical (unpaired) electrons. The van der Waals surface area contributed by atoms with Gasteiger partial charge in [-0.2, -0.15) is 0 Å². The van der Waals surface area contributed by atoms with Gasteiger partial charge in [0.2, 0.25) is 5.91 Å². The number of aryl methyl sites for hydroxylation is 1. The molecule has 0 aromatic carbocycles. The maximum absolute atomic E-state index is 11.9. The number of anilines is 1. The number of hydrogen-bond acceptors (Lipinski definition) is 4. The lowest BCUT2D eigenvalue weighted by Crippen LogP contribution is -2.39. The SMILES string of the molecule is CCc1csc(NC(=O)N(C)C[C@H](C)C(=O)NC)n1. The summed E-state index contributed by atoms with van der Waals surface area (Å²) >= 11 is 1.40. The summed E-state index contributed by atoms with van der Waals surface area (Å²) in [4.78, 5) is 29.0. The van der Waals surface area contributed by atoms with Crippen LogP contribution in [0.2, 0.25) is 0 Å². The Labute approximate surface area is 117 Å². The zero-order valence-electron chi connectivity index (χ0n) is 11.7. The van der Waals surface area contributed by atoms with Crippen molar-refractivity contribution in [2.75, 3.05) is 26.0 Å². The predicted molar refractivity (Wildman–Crippen MR) is 76.4 cm³/mol. The lowest BCUT2D eigenvalue weighted by Gasteiger charge is -2.20. The summed E-state index contributed by atoms with van der Waals surface area (Å²) in [7, 11) is 3.24. The van der Waals surface area contributed by atoms with E-state index in [1.165, 1.54) is 16.2 Å². The van der Waals surface area contributed by atoms with E-state index in [4.69, 9.17) is 0 Å². The van der Waals surface area contributed by atoms with Gasteiger partial charge in [-0.3, -0.25) is 10.1 Å². The standard InChI is InChI=1S/C12H20N4O2S/c1-5-9-7-19-11(14-9)15-12(18)16(4)6-8(2)10(17)13-3/h7-8H,5-6H2,1-4H3,(H,13,17)(H,14,15,18)/t8-/m0/s1. The van der Waals surface area contributed by atoms with Crippen molar-refractivity contribution in [3.05, 3.63) is 11.1 Å². The topological polar surface area (TPSA) is 74.3 Å². The summed E-state index contributed by atoms with van der Waals surface area (Å²) in [5.74, 6) is -0.328. The Balaban J connectivity index is 2.50. The van der Waals surface area contributed by atoms with Gasteiger partial charge in [0.05, 0.1) is 11.6 Å². The number of thiazole rings is 1. The summed E-state index contributed by atoms with van der Waals surface area (Å²) in [6.45, 7) is 4.15. The number of amides is 3. The Bertz CT molecular complexity index is 447. The van der Waals surface area contributed by atoms with E-state index in [1.54, 1.807) is 21.0 Å². The molecule has 0 aliphatic carbocycles. The number of carbonyl (C=O) groups excluding carboxylic acids is 2. The maximum Gasteiger partial charge on any atom is 0.323 e. The molecule has 1 rings (SSSR count). The van der Waals surface area contributed by atoms with Crippen molar-refractivity contribution in [3.8, 4) is 0 Å². The van der Waals surface area contributed by atoms with Gasteiger partial charge in [-0.25, -0.2) is 9.78 Å². The van der Waals surface area contributed by atoms with Crippen molar-refractivity contribution in [2.24, 2.45) is 5.92 Å². The van der Waals surface area contributed by atoms with Gasteiger partial charge in [-0.05, 0) is 6.42 Å². The minimum absolute atomic E-state index is 0.0813. The first-order chi connectivity index (χ1) is 8.97. The third-order valence-electron chi connectivity index (χ3n) is 2.72. The van der Waals surface area contributed by atoms with E-state index in [0.717, 1.165) is 12.1 Å². The second-order valence-corrected chi connectivity index (χ2v) is 5.18. The highest BCUT2D eigenvalue weighted by Crippen LogP contribution is 2.16. The molecule has 6 nitrogen and oxygen atoms in total. The fourth-order valence-electron chi connectivity index (χ4n) is 1.54. The minimum atomic E-state index is -0.257. The van der Waals surface area contributed by atoms with Crippen LogP contribution >= 0.6 is 11.3 Å². The number of nitrogens with zero attached hydrogens (tertiary/aromatic N) is 2. The highest BCUT2D eigenvalue weighted by molar-refractivity contribution is 7.13. The van der Waals surface area contributed by atoms with Gasteiger partial charge in [0.1, 0.15) is 0 Å². The molecular formula is C12H20N4O2S. The van der Waals surface area contributed by atoms with Crippen molar-refractivity contribution in [3.63, 3.8) is 0 Å². The molecule has 0 aliphatic heterocycles. The molecule has 7 heteroatoms. The molecule has 1 atom stereocenters. The number of nitrogens with one attached hydrogen (secondary N) is 2. The van der Waals surface area contributed by atoms with Gasteiger partial charge in [0.15, 0.2) is 5.13 Å². The molecule has 106 valence electrons. The molecule has 1 aromatic heterocycles. The number of aromatic nitrogens is 1. The predicted octanol–water partition coefficient (Wildman–Crippen LogP) is 1.55. The minimum Gasteiger partial charge on any atom is -0.359 e. The summed E-state index contributed by atoms with van der Waals surface area (Å²) in [5.41, 5.74) is 0.960. The molecule has 19 heavy (non-hydrogen) atoms. The second-order valence-electron chi connectivity index (χ2n) is 4.32. The van der Waals surface area contributed by atoms with E-state index < -0.39 is 0 Å². The summed E-state index contributed by atoms with van der Waals surface area (Å²) < 4.78 is 0. The fourth-order valence-corrected chi connectivity index (χ4v) is 2.32. The smallest absolute Gasteiger partial charge is 0.323 e. The van der Waals surface area contributed by atoms with Crippen LogP contribution in [-0.4, -0.2) is 42.5 Å². The van der Waals surface area contributed by atoms with Gasteiger partial charge >= 0.3 is 6.03 Å². The highest BCUT2D eigenvalue weighted by Gasteiger charge is 2.17. The molecule has 0 saturated carbocycles. The highest BCUT2D eigenvalue weighted by atomic mass is 32.1. The van der Waals surface area contributed by atoms with Gasteiger partial charge < -0.3 is 10.2 Å². The maximum atomic E-state index is 11.9. The van der Waals surface area contributed by atoms with Crippen molar-refractivity contribution in [2.45, 2.75) is 20.3 Å². The van der Waals surface area contributed by atoms with Gasteiger partial charge in [-0.15, -0.1) is 11.3 Å². The molecule has 0 fully saturated rings. The van der Waals surface area contributed by atoms with E-state index in [9.17, 15) is 9.59 Å². The molecule has 0 saturated heterocycles. The molecule has 0 unspecified atom stereocenters. The number of urea groups is 1. The van der Waals surface area contributed by atoms with E-state index in [-0.39, 0.29) is 17.9 Å². The van der Waals surface area contributed by atoms with Crippen LogP contribution in [0.15, 0.2) is 5.38 Å². The van der Waals surface area contributed by atoms with Crippen molar-refractivity contribution in [1.29, 1.82) is 0 Å². The van der Waals surface area contributed by atoms with E-state index in [2.05, 4.69) is 15.6 Å². The molecule has 0 aliphatic rings. The molecule has 2 N–H and O–H groups in total. The summed E-state index contributed by atoms with van der Waals surface area (Å²) in [6, 6.07) is -0.257. The molecule has 0 bridgehead atoms. The average molecular weight is 284 g/mol. The van der Waals surface area contributed by atoms with Crippen LogP contribution in [0.25, 0.3) is 0 Å². The van der Waals surface area contributed by atoms with Crippen LogP contribution < -0.4 is 10.6 Å². The first kappa shape index (κ1) is 15.4. The van der Waals surface area contributed by atoms with Crippen molar-refractivity contribution < 1.29 is 9.59 Å². The Morgan fingerprint density at radius 1 is 1.53 bits per heavy atom. The monoisotopic (exact) mass is 284 g/mol. The molecule has 3 amide bonds. The van der Waals surface area contributed by atoms with Gasteiger partial charge in [0.25, 0.3) is 0 Å². The van der Waals surface area contributed by atoms with Crippen molar-refractivity contribution >= 4 is 28.4 Å². The van der Waals surface area contributed by atoms with Crippen LogP contribution in [0.4, 0.5) is 9.93 Å². The van der Waals surface area contributed by atoms with Gasteiger partial charge in [0, 0.05) is 26.0 Å². The third-order valence-corrected chi connectivity index (χ3v) is 3.52. The molecular weight excluding hydrogens is 264 g/mol. The zero-order chi connectivity index (χ0) is 14.4. The van der Waals surface area contributed by atoms with Crippen LogP contribution in [0.1, 0.15) is 19.5 Å². The lowest BCUT2D eigenvalue weighted by atomic mass is 10.1. The van der Waals surface area contributed by atoms with E-state index in [0.29, 0.717) is 11.7 Å². The van der Waals surface area contributed by atoms with E-state index >= 15 is 0 Å². The number of hydrogen-bond donors (Lipinski definition) is 2. The molecule has 1 heterocycles. The van der Waals surface area contributed by atoms with Gasteiger partial charge in [-0.1, -0.05) is 13.8 Å².